The lowest BCUT2D eigenvalue weighted by Gasteiger charge is -2.34. The smallest absolute Gasteiger partial charge is 0.120 e. The summed E-state index contributed by atoms with van der Waals surface area (Å²) in [6.07, 6.45) is 11.7. The largest absolute Gasteiger partial charge is 0.300 e. The maximum atomic E-state index is 4.71. The molecule has 0 saturated carbocycles. The fourth-order valence-corrected chi connectivity index (χ4v) is 12.2. The maximum Gasteiger partial charge on any atom is 0.120 e. The van der Waals surface area contributed by atoms with E-state index < -0.39 is 0 Å². The minimum absolute atomic E-state index is 0.978. The summed E-state index contributed by atoms with van der Waals surface area (Å²) in [6.45, 7) is 8.70. The van der Waals surface area contributed by atoms with E-state index in [2.05, 4.69) is 182 Å². The minimum Gasteiger partial charge on any atom is -0.300 e. The molecule has 5 aromatic heterocycles. The van der Waals surface area contributed by atoms with Crippen molar-refractivity contribution in [3.63, 3.8) is 0 Å². The first-order valence-corrected chi connectivity index (χ1v) is 25.6. The van der Waals surface area contributed by atoms with Crippen LogP contribution >= 0.6 is 45.3 Å². The molecule has 12 rings (SSSR count). The van der Waals surface area contributed by atoms with Gasteiger partial charge >= 0.3 is 0 Å². The quantitative estimate of drug-likeness (QED) is 0.111. The van der Waals surface area contributed by atoms with E-state index in [0.29, 0.717) is 0 Å². The minimum atomic E-state index is 0.978. The van der Waals surface area contributed by atoms with Crippen LogP contribution in [0.4, 0.5) is 65.5 Å². The zero-order valence-electron chi connectivity index (χ0n) is 37.4. The Kier molecular flexibility index (Phi) is 10.6. The number of nitrogens with zero attached hydrogens (tertiary/aromatic N) is 9. The van der Waals surface area contributed by atoms with Gasteiger partial charge in [0.25, 0.3) is 0 Å². The van der Waals surface area contributed by atoms with Crippen LogP contribution in [0.1, 0.15) is 22.3 Å². The number of aryl methyl sites for hydroxylation is 4. The second kappa shape index (κ2) is 17.3. The van der Waals surface area contributed by atoms with E-state index >= 15 is 0 Å². The molecular weight excluding hydrogens is 915 g/mol. The number of hydrogen-bond donors (Lipinski definition) is 0. The van der Waals surface area contributed by atoms with E-state index in [4.69, 9.17) is 4.98 Å². The second-order valence-corrected chi connectivity index (χ2v) is 20.1. The van der Waals surface area contributed by atoms with Gasteiger partial charge in [-0.05, 0) is 86.3 Å². The third-order valence-electron chi connectivity index (χ3n) is 12.7. The SMILES string of the molecule is Cc1ccccc1N(c1cncs1)c1cc(N(c2cncs2)c2ccccc2C)c2ccc3c(N(c4cncs4)c4cnccc4C)cc(N(c4cncs4)c4ccccc4C)c4ccc1c2c43. The molecule has 0 aliphatic rings. The lowest BCUT2D eigenvalue weighted by Crippen LogP contribution is -2.16. The Morgan fingerprint density at radius 3 is 0.912 bits per heavy atom. The fraction of sp³-hybridized carbons (Fsp3) is 0.0727. The van der Waals surface area contributed by atoms with Crippen LogP contribution in [0.3, 0.4) is 0 Å². The van der Waals surface area contributed by atoms with Crippen LogP contribution in [0.25, 0.3) is 32.3 Å². The van der Waals surface area contributed by atoms with Crippen LogP contribution < -0.4 is 19.6 Å². The Labute approximate surface area is 409 Å². The molecule has 0 saturated heterocycles. The standard InChI is InChI=1S/C55H41N9S4/c1-34-11-5-8-14-42(34)61(50-26-57-30-65-50)45-23-46(62(51-27-58-31-66-51)43-15-9-6-12-35(43)2)39-19-20-41-48(64(53-29-60-33-68-53)49-25-56-22-21-37(49)4)24-47(40-18-17-38(45)54(39)55(40)41)63(52-28-59-32-67-52)44-16-10-7-13-36(44)3/h5-33H,1-4H3. The number of benzene rings is 7. The first-order chi connectivity index (χ1) is 33.4. The third-order valence-corrected chi connectivity index (χ3v) is 15.7. The molecule has 12 aromatic rings. The molecule has 9 nitrogen and oxygen atoms in total. The molecule has 0 fully saturated rings. The number of rotatable bonds is 12. The lowest BCUT2D eigenvalue weighted by molar-refractivity contribution is 1.20. The summed E-state index contributed by atoms with van der Waals surface area (Å²) in [4.78, 5) is 32.9. The molecule has 0 spiro atoms. The van der Waals surface area contributed by atoms with Crippen LogP contribution in [0.15, 0.2) is 174 Å². The van der Waals surface area contributed by atoms with Gasteiger partial charge in [0, 0.05) is 55.6 Å². The van der Waals surface area contributed by atoms with Gasteiger partial charge in [-0.15, -0.1) is 45.3 Å². The van der Waals surface area contributed by atoms with Crippen molar-refractivity contribution in [3.05, 3.63) is 197 Å². The average molecular weight is 956 g/mol. The van der Waals surface area contributed by atoms with Gasteiger partial charge in [-0.1, -0.05) is 78.9 Å². The molecule has 0 N–H and O–H groups in total. The van der Waals surface area contributed by atoms with E-state index in [-0.39, 0.29) is 0 Å². The van der Waals surface area contributed by atoms with Gasteiger partial charge in [-0.25, -0.2) is 0 Å². The number of hydrogen-bond acceptors (Lipinski definition) is 13. The Hall–Kier alpha value is -7.55. The number of anilines is 12. The van der Waals surface area contributed by atoms with Gasteiger partial charge in [0.15, 0.2) is 0 Å². The summed E-state index contributed by atoms with van der Waals surface area (Å²) in [7, 11) is 0. The highest BCUT2D eigenvalue weighted by Crippen LogP contribution is 2.56. The fourth-order valence-electron chi connectivity index (χ4n) is 9.54. The van der Waals surface area contributed by atoms with Gasteiger partial charge in [0.1, 0.15) is 20.0 Å². The molecular formula is C55H41N9S4. The summed E-state index contributed by atoms with van der Waals surface area (Å²) in [6, 6.07) is 42.0. The van der Waals surface area contributed by atoms with Crippen LogP contribution in [-0.4, -0.2) is 24.9 Å². The van der Waals surface area contributed by atoms with Crippen LogP contribution in [0.5, 0.6) is 0 Å². The van der Waals surface area contributed by atoms with Crippen molar-refractivity contribution in [1.29, 1.82) is 0 Å². The maximum absolute atomic E-state index is 4.71. The normalized spacial score (nSPS) is 11.5. The molecule has 0 bridgehead atoms. The lowest BCUT2D eigenvalue weighted by atomic mass is 9.89. The van der Waals surface area contributed by atoms with E-state index in [1.807, 2.05) is 59.2 Å². The Bertz CT molecular complexity index is 3240. The van der Waals surface area contributed by atoms with Crippen molar-refractivity contribution in [1.82, 2.24) is 24.9 Å². The predicted molar refractivity (Wildman–Crippen MR) is 288 cm³/mol. The molecule has 7 aromatic carbocycles. The van der Waals surface area contributed by atoms with Crippen LogP contribution in [0.2, 0.25) is 0 Å². The molecule has 0 radical (unpaired) electrons. The highest BCUT2D eigenvalue weighted by molar-refractivity contribution is 7.15. The van der Waals surface area contributed by atoms with Crippen LogP contribution in [-0.2, 0) is 0 Å². The average Bonchev–Trinajstić information content (AvgIpc) is 4.23. The second-order valence-electron chi connectivity index (χ2n) is 16.6. The van der Waals surface area contributed by atoms with E-state index in [1.165, 1.54) is 0 Å². The number of para-hydroxylation sites is 3. The van der Waals surface area contributed by atoms with E-state index in [9.17, 15) is 0 Å². The Morgan fingerprint density at radius 1 is 0.309 bits per heavy atom. The summed E-state index contributed by atoms with van der Waals surface area (Å²) >= 11 is 6.50. The number of pyridine rings is 1. The molecule has 0 aliphatic heterocycles. The molecule has 0 atom stereocenters. The monoisotopic (exact) mass is 955 g/mol. The molecule has 330 valence electrons. The highest BCUT2D eigenvalue weighted by atomic mass is 32.1. The number of thiazole rings is 4. The summed E-state index contributed by atoms with van der Waals surface area (Å²) in [5, 5.41) is 10.7. The van der Waals surface area contributed by atoms with Gasteiger partial charge < -0.3 is 0 Å². The van der Waals surface area contributed by atoms with Crippen molar-refractivity contribution >= 4 is 143 Å². The molecule has 5 heterocycles. The molecule has 13 heteroatoms. The topological polar surface area (TPSA) is 77.4 Å². The van der Waals surface area contributed by atoms with Crippen molar-refractivity contribution in [2.45, 2.75) is 27.7 Å². The van der Waals surface area contributed by atoms with Crippen molar-refractivity contribution < 1.29 is 0 Å². The van der Waals surface area contributed by atoms with E-state index in [1.54, 1.807) is 45.3 Å². The van der Waals surface area contributed by atoms with Crippen LogP contribution in [0, 0.1) is 27.7 Å². The summed E-state index contributed by atoms with van der Waals surface area (Å²) < 4.78 is 0. The van der Waals surface area contributed by atoms with Gasteiger partial charge in [-0.3, -0.25) is 44.5 Å². The zero-order valence-corrected chi connectivity index (χ0v) is 40.7. The van der Waals surface area contributed by atoms with Crippen molar-refractivity contribution in [2.24, 2.45) is 0 Å². The zero-order chi connectivity index (χ0) is 45.9. The molecule has 0 amide bonds. The van der Waals surface area contributed by atoms with E-state index in [0.717, 1.165) is 120 Å². The third kappa shape index (κ3) is 6.96. The molecule has 0 unspecified atom stereocenters. The van der Waals surface area contributed by atoms with Gasteiger partial charge in [0.2, 0.25) is 0 Å². The van der Waals surface area contributed by atoms with Gasteiger partial charge in [-0.2, -0.15) is 0 Å². The van der Waals surface area contributed by atoms with Crippen molar-refractivity contribution in [3.8, 4) is 0 Å². The van der Waals surface area contributed by atoms with Gasteiger partial charge in [0.05, 0.1) is 81.5 Å². The Morgan fingerprint density at radius 2 is 0.618 bits per heavy atom. The first-order valence-electron chi connectivity index (χ1n) is 22.0. The molecule has 68 heavy (non-hydrogen) atoms. The van der Waals surface area contributed by atoms with Crippen molar-refractivity contribution in [2.75, 3.05) is 19.6 Å². The first kappa shape index (κ1) is 41.9. The summed E-state index contributed by atoms with van der Waals surface area (Å²) in [5.74, 6) is 0. The highest BCUT2D eigenvalue weighted by Gasteiger charge is 2.31. The Balaban J connectivity index is 1.29. The predicted octanol–water partition coefficient (Wildman–Crippen LogP) is 16.9. The summed E-state index contributed by atoms with van der Waals surface area (Å²) in [5.41, 5.74) is 20.5. The molecule has 0 aliphatic carbocycles. The number of aromatic nitrogens is 5.